The molecule has 3 nitrogen and oxygen atoms in total. The van der Waals surface area contributed by atoms with Crippen LogP contribution in [0.4, 0.5) is 10.1 Å². The average molecular weight is 280 g/mol. The van der Waals surface area contributed by atoms with Crippen LogP contribution >= 0.6 is 0 Å². The molecule has 1 aromatic heterocycles. The third-order valence-corrected chi connectivity index (χ3v) is 3.34. The number of nitrogens with zero attached hydrogens (tertiary/aromatic N) is 2. The Morgan fingerprint density at radius 2 is 1.67 bits per heavy atom. The van der Waals surface area contributed by atoms with Gasteiger partial charge in [-0.3, -0.25) is 9.36 Å². The highest BCUT2D eigenvalue weighted by Gasteiger charge is 2.01. The number of aromatic nitrogens is 1. The monoisotopic (exact) mass is 280 g/mol. The molecule has 104 valence electrons. The maximum atomic E-state index is 13.7. The molecule has 0 N–H and O–H groups in total. The molecule has 3 aromatic rings. The Bertz CT molecular complexity index is 945. The minimum Gasteiger partial charge on any atom is -0.296 e. The van der Waals surface area contributed by atoms with Crippen LogP contribution in [-0.4, -0.2) is 4.57 Å². The van der Waals surface area contributed by atoms with Gasteiger partial charge in [0.1, 0.15) is 17.0 Å². The van der Waals surface area contributed by atoms with Crippen molar-refractivity contribution >= 4 is 16.5 Å². The molecule has 0 bridgehead atoms. The van der Waals surface area contributed by atoms with Crippen LogP contribution in [0.5, 0.6) is 0 Å². The first-order chi connectivity index (χ1) is 10.2. The molecule has 1 heterocycles. The number of hydrogen-bond donors (Lipinski definition) is 0. The van der Waals surface area contributed by atoms with E-state index in [1.165, 1.54) is 10.6 Å². The molecule has 0 atom stereocenters. The van der Waals surface area contributed by atoms with Crippen molar-refractivity contribution in [3.8, 4) is 0 Å². The smallest absolute Gasteiger partial charge is 0.259 e. The third kappa shape index (κ3) is 2.48. The van der Waals surface area contributed by atoms with Crippen molar-refractivity contribution < 1.29 is 4.39 Å². The van der Waals surface area contributed by atoms with Gasteiger partial charge in [-0.05, 0) is 29.7 Å². The quantitative estimate of drug-likeness (QED) is 0.675. The molecule has 2 aromatic carbocycles. The van der Waals surface area contributed by atoms with Gasteiger partial charge in [-0.15, -0.1) is 0 Å². The molecule has 0 amide bonds. The molecule has 3 rings (SSSR count). The van der Waals surface area contributed by atoms with Gasteiger partial charge in [-0.25, -0.2) is 9.38 Å². The van der Waals surface area contributed by atoms with Crippen molar-refractivity contribution in [1.82, 2.24) is 4.57 Å². The lowest BCUT2D eigenvalue weighted by atomic mass is 10.2. The highest BCUT2D eigenvalue weighted by atomic mass is 19.1. The summed E-state index contributed by atoms with van der Waals surface area (Å²) in [6.45, 7) is 0. The lowest BCUT2D eigenvalue weighted by Crippen LogP contribution is -2.27. The number of fused-ring (bicyclic) bond motifs is 1. The molecule has 0 saturated heterocycles. The Morgan fingerprint density at radius 3 is 2.48 bits per heavy atom. The molecule has 0 fully saturated rings. The number of benzene rings is 2. The number of halogens is 1. The molecule has 0 aliphatic carbocycles. The number of para-hydroxylation sites is 1. The zero-order valence-corrected chi connectivity index (χ0v) is 11.5. The van der Waals surface area contributed by atoms with E-state index in [4.69, 9.17) is 0 Å². The molecule has 0 radical (unpaired) electrons. The standard InChI is InChI=1S/C17H13FN2O/c1-20-16(19-15-9-5-4-8-14(15)18)11-10-12-6-2-3-7-13(12)17(20)21/h2-11H,1H3. The summed E-state index contributed by atoms with van der Waals surface area (Å²) in [5, 5.41) is 1.43. The summed E-state index contributed by atoms with van der Waals surface area (Å²) in [4.78, 5) is 16.7. The van der Waals surface area contributed by atoms with Gasteiger partial charge in [0.15, 0.2) is 0 Å². The summed E-state index contributed by atoms with van der Waals surface area (Å²) in [5.41, 5.74) is 0.453. The summed E-state index contributed by atoms with van der Waals surface area (Å²) in [7, 11) is 1.63. The lowest BCUT2D eigenvalue weighted by molar-refractivity contribution is 0.628. The molecule has 0 unspecified atom stereocenters. The molecule has 4 heteroatoms. The molecule has 0 aliphatic rings. The van der Waals surface area contributed by atoms with Crippen molar-refractivity contribution in [2.24, 2.45) is 12.0 Å². The second kappa shape index (κ2) is 5.32. The van der Waals surface area contributed by atoms with Crippen LogP contribution in [0.1, 0.15) is 0 Å². The number of rotatable bonds is 1. The van der Waals surface area contributed by atoms with Gasteiger partial charge in [-0.2, -0.15) is 0 Å². The molecular formula is C17H13FN2O. The first-order valence-electron chi connectivity index (χ1n) is 6.55. The molecular weight excluding hydrogens is 267 g/mol. The normalized spacial score (nSPS) is 11.8. The molecule has 0 saturated carbocycles. The molecule has 0 aliphatic heterocycles. The van der Waals surface area contributed by atoms with Crippen molar-refractivity contribution in [2.45, 2.75) is 0 Å². The predicted octanol–water partition coefficient (Wildman–Crippen LogP) is 2.91. The van der Waals surface area contributed by atoms with Gasteiger partial charge in [0.25, 0.3) is 5.56 Å². The van der Waals surface area contributed by atoms with Crippen LogP contribution < -0.4 is 11.0 Å². The van der Waals surface area contributed by atoms with E-state index in [1.54, 1.807) is 37.4 Å². The summed E-state index contributed by atoms with van der Waals surface area (Å²) in [5.74, 6) is -0.416. The van der Waals surface area contributed by atoms with E-state index in [-0.39, 0.29) is 11.2 Å². The van der Waals surface area contributed by atoms with E-state index in [9.17, 15) is 9.18 Å². The van der Waals surface area contributed by atoms with E-state index < -0.39 is 5.82 Å². The van der Waals surface area contributed by atoms with Gasteiger partial charge in [0, 0.05) is 12.4 Å². The maximum absolute atomic E-state index is 13.7. The van der Waals surface area contributed by atoms with Crippen LogP contribution in [0.25, 0.3) is 10.8 Å². The Kier molecular flexibility index (Phi) is 3.36. The van der Waals surface area contributed by atoms with E-state index in [0.717, 1.165) is 5.39 Å². The zero-order chi connectivity index (χ0) is 14.8. The summed E-state index contributed by atoms with van der Waals surface area (Å²) < 4.78 is 15.1. The van der Waals surface area contributed by atoms with Gasteiger partial charge in [0.2, 0.25) is 0 Å². The van der Waals surface area contributed by atoms with Crippen molar-refractivity contribution in [3.63, 3.8) is 0 Å². The van der Waals surface area contributed by atoms with E-state index in [2.05, 4.69) is 4.99 Å². The Hall–Kier alpha value is -2.75. The molecule has 0 spiro atoms. The third-order valence-electron chi connectivity index (χ3n) is 3.34. The Morgan fingerprint density at radius 1 is 0.952 bits per heavy atom. The SMILES string of the molecule is Cn1c(=Nc2ccccc2F)ccc2ccccc2c1=O. The van der Waals surface area contributed by atoms with Crippen LogP contribution in [0, 0.1) is 5.82 Å². The molecule has 21 heavy (non-hydrogen) atoms. The van der Waals surface area contributed by atoms with Gasteiger partial charge in [-0.1, -0.05) is 36.4 Å². The van der Waals surface area contributed by atoms with Crippen molar-refractivity contribution in [1.29, 1.82) is 0 Å². The average Bonchev–Trinajstić information content (AvgIpc) is 2.62. The lowest BCUT2D eigenvalue weighted by Gasteiger charge is -1.97. The summed E-state index contributed by atoms with van der Waals surface area (Å²) in [6, 6.07) is 17.1. The Labute approximate surface area is 120 Å². The minimum atomic E-state index is -0.416. The van der Waals surface area contributed by atoms with Gasteiger partial charge >= 0.3 is 0 Å². The fourth-order valence-corrected chi connectivity index (χ4v) is 2.18. The largest absolute Gasteiger partial charge is 0.296 e. The fourth-order valence-electron chi connectivity index (χ4n) is 2.18. The summed E-state index contributed by atoms with van der Waals surface area (Å²) >= 11 is 0. The van der Waals surface area contributed by atoms with E-state index in [0.29, 0.717) is 10.9 Å². The van der Waals surface area contributed by atoms with E-state index in [1.807, 2.05) is 24.3 Å². The second-order valence-electron chi connectivity index (χ2n) is 4.71. The van der Waals surface area contributed by atoms with Gasteiger partial charge in [0.05, 0.1) is 0 Å². The number of hydrogen-bond acceptors (Lipinski definition) is 2. The Balaban J connectivity index is 2.38. The minimum absolute atomic E-state index is 0.161. The van der Waals surface area contributed by atoms with Crippen molar-refractivity contribution in [2.75, 3.05) is 0 Å². The summed E-state index contributed by atoms with van der Waals surface area (Å²) in [6.07, 6.45) is 0. The highest BCUT2D eigenvalue weighted by molar-refractivity contribution is 5.80. The van der Waals surface area contributed by atoms with Crippen LogP contribution in [0.15, 0.2) is 70.5 Å². The topological polar surface area (TPSA) is 34.4 Å². The predicted molar refractivity (Wildman–Crippen MR) is 80.8 cm³/mol. The zero-order valence-electron chi connectivity index (χ0n) is 11.5. The van der Waals surface area contributed by atoms with Crippen molar-refractivity contribution in [3.05, 3.63) is 82.3 Å². The highest BCUT2D eigenvalue weighted by Crippen LogP contribution is 2.15. The van der Waals surface area contributed by atoms with Gasteiger partial charge < -0.3 is 0 Å². The van der Waals surface area contributed by atoms with E-state index >= 15 is 0 Å². The fraction of sp³-hybridized carbons (Fsp3) is 0.0588. The maximum Gasteiger partial charge on any atom is 0.259 e. The second-order valence-corrected chi connectivity index (χ2v) is 4.71. The van der Waals surface area contributed by atoms with Crippen LogP contribution in [0.3, 0.4) is 0 Å². The van der Waals surface area contributed by atoms with Crippen LogP contribution in [-0.2, 0) is 7.05 Å². The first kappa shape index (κ1) is 13.2. The van der Waals surface area contributed by atoms with Crippen LogP contribution in [0.2, 0.25) is 0 Å². The first-order valence-corrected chi connectivity index (χ1v) is 6.55.